The largest absolute Gasteiger partial charge is 0.469 e. The summed E-state index contributed by atoms with van der Waals surface area (Å²) in [7, 11) is 1.48. The predicted octanol–water partition coefficient (Wildman–Crippen LogP) is 0.204. The number of hydrogen-bond acceptors (Lipinski definition) is 5. The third kappa shape index (κ3) is 3.93. The second kappa shape index (κ2) is 7.07. The van der Waals surface area contributed by atoms with Gasteiger partial charge in [0.25, 0.3) is 0 Å². The first-order valence-electron chi connectivity index (χ1n) is 6.90. The van der Waals surface area contributed by atoms with Crippen LogP contribution in [0.2, 0.25) is 0 Å². The van der Waals surface area contributed by atoms with E-state index in [1.165, 1.54) is 7.11 Å². The molecule has 2 fully saturated rings. The number of hydrogen-bond donors (Lipinski definition) is 0. The molecule has 18 heavy (non-hydrogen) atoms. The number of morpholine rings is 1. The molecule has 0 aromatic heterocycles. The zero-order valence-corrected chi connectivity index (χ0v) is 11.3. The lowest BCUT2D eigenvalue weighted by atomic mass is 9.98. The van der Waals surface area contributed by atoms with Crippen LogP contribution in [-0.2, 0) is 14.3 Å². The van der Waals surface area contributed by atoms with Crippen LogP contribution in [0.3, 0.4) is 0 Å². The number of rotatable bonds is 4. The minimum atomic E-state index is -0.0499. The fourth-order valence-corrected chi connectivity index (χ4v) is 2.73. The zero-order valence-electron chi connectivity index (χ0n) is 11.3. The molecule has 104 valence electrons. The molecule has 2 heterocycles. The lowest BCUT2D eigenvalue weighted by Gasteiger charge is -2.34. The molecule has 5 heteroatoms. The molecule has 0 aromatic rings. The summed E-state index contributed by atoms with van der Waals surface area (Å²) in [6.07, 6.45) is 2.07. The summed E-state index contributed by atoms with van der Waals surface area (Å²) < 4.78 is 10.2. The van der Waals surface area contributed by atoms with E-state index < -0.39 is 0 Å². The first kappa shape index (κ1) is 13.8. The van der Waals surface area contributed by atoms with Crippen LogP contribution in [0.4, 0.5) is 0 Å². The summed E-state index contributed by atoms with van der Waals surface area (Å²) in [5, 5.41) is 0. The molecule has 2 rings (SSSR count). The average Bonchev–Trinajstić information content (AvgIpc) is 2.45. The Kier molecular flexibility index (Phi) is 5.41. The number of methoxy groups -OCH3 is 1. The van der Waals surface area contributed by atoms with E-state index in [1.54, 1.807) is 0 Å². The van der Waals surface area contributed by atoms with Crippen molar-refractivity contribution < 1.29 is 14.3 Å². The van der Waals surface area contributed by atoms with Gasteiger partial charge in [0, 0.05) is 32.7 Å². The SMILES string of the molecule is COC(=O)C1CCCN(CCN2CCOCC2)C1. The number of esters is 1. The van der Waals surface area contributed by atoms with Gasteiger partial charge >= 0.3 is 5.97 Å². The quantitative estimate of drug-likeness (QED) is 0.672. The smallest absolute Gasteiger partial charge is 0.309 e. The summed E-state index contributed by atoms with van der Waals surface area (Å²) >= 11 is 0. The molecule has 2 aliphatic heterocycles. The van der Waals surface area contributed by atoms with Gasteiger partial charge in [0.1, 0.15) is 0 Å². The normalized spacial score (nSPS) is 27.1. The van der Waals surface area contributed by atoms with Crippen LogP contribution >= 0.6 is 0 Å². The van der Waals surface area contributed by atoms with Gasteiger partial charge in [0.15, 0.2) is 0 Å². The highest BCUT2D eigenvalue weighted by atomic mass is 16.5. The first-order chi connectivity index (χ1) is 8.79. The molecule has 0 aromatic carbocycles. The van der Waals surface area contributed by atoms with Gasteiger partial charge in [-0.1, -0.05) is 0 Å². The molecule has 2 saturated heterocycles. The Morgan fingerprint density at radius 2 is 1.94 bits per heavy atom. The second-order valence-electron chi connectivity index (χ2n) is 5.12. The first-order valence-corrected chi connectivity index (χ1v) is 6.90. The summed E-state index contributed by atoms with van der Waals surface area (Å²) in [5.74, 6) is 0.0273. The van der Waals surface area contributed by atoms with Crippen molar-refractivity contribution in [2.45, 2.75) is 12.8 Å². The summed E-state index contributed by atoms with van der Waals surface area (Å²) in [5.41, 5.74) is 0. The third-order valence-electron chi connectivity index (χ3n) is 3.88. The lowest BCUT2D eigenvalue weighted by molar-refractivity contribution is -0.147. The Morgan fingerprint density at radius 3 is 2.67 bits per heavy atom. The molecule has 0 amide bonds. The maximum absolute atomic E-state index is 11.5. The van der Waals surface area contributed by atoms with E-state index in [1.807, 2.05) is 0 Å². The molecule has 2 aliphatic rings. The van der Waals surface area contributed by atoms with Crippen LogP contribution in [0.15, 0.2) is 0 Å². The Bertz CT molecular complexity index is 267. The molecule has 0 bridgehead atoms. The van der Waals surface area contributed by atoms with Crippen molar-refractivity contribution in [1.82, 2.24) is 9.80 Å². The van der Waals surface area contributed by atoms with Crippen molar-refractivity contribution in [3.63, 3.8) is 0 Å². The molecule has 0 radical (unpaired) electrons. The number of likely N-dealkylation sites (tertiary alicyclic amines) is 1. The van der Waals surface area contributed by atoms with E-state index in [0.717, 1.165) is 65.3 Å². The Hall–Kier alpha value is -0.650. The van der Waals surface area contributed by atoms with Crippen LogP contribution < -0.4 is 0 Å². The molecule has 0 N–H and O–H groups in total. The molecule has 1 unspecified atom stereocenters. The van der Waals surface area contributed by atoms with Crippen LogP contribution in [0, 0.1) is 5.92 Å². The van der Waals surface area contributed by atoms with Crippen molar-refractivity contribution in [2.75, 3.05) is 59.6 Å². The predicted molar refractivity (Wildman–Crippen MR) is 68.4 cm³/mol. The van der Waals surface area contributed by atoms with Crippen LogP contribution in [0.5, 0.6) is 0 Å². The highest BCUT2D eigenvalue weighted by molar-refractivity contribution is 5.72. The van der Waals surface area contributed by atoms with E-state index in [-0.39, 0.29) is 11.9 Å². The maximum atomic E-state index is 11.5. The highest BCUT2D eigenvalue weighted by Crippen LogP contribution is 2.17. The number of carbonyl (C=O) groups excluding carboxylic acids is 1. The third-order valence-corrected chi connectivity index (χ3v) is 3.88. The van der Waals surface area contributed by atoms with E-state index in [9.17, 15) is 4.79 Å². The van der Waals surface area contributed by atoms with Gasteiger partial charge < -0.3 is 14.4 Å². The van der Waals surface area contributed by atoms with E-state index in [0.29, 0.717) is 0 Å². The molecule has 0 saturated carbocycles. The van der Waals surface area contributed by atoms with Crippen molar-refractivity contribution in [3.05, 3.63) is 0 Å². The molecule has 5 nitrogen and oxygen atoms in total. The zero-order chi connectivity index (χ0) is 12.8. The van der Waals surface area contributed by atoms with Crippen molar-refractivity contribution in [2.24, 2.45) is 5.92 Å². The average molecular weight is 256 g/mol. The molecular weight excluding hydrogens is 232 g/mol. The van der Waals surface area contributed by atoms with Gasteiger partial charge in [-0.2, -0.15) is 0 Å². The summed E-state index contributed by atoms with van der Waals surface area (Å²) in [6, 6.07) is 0. The number of ether oxygens (including phenoxy) is 2. The van der Waals surface area contributed by atoms with Crippen LogP contribution in [0.25, 0.3) is 0 Å². The Balaban J connectivity index is 1.70. The topological polar surface area (TPSA) is 42.0 Å². The number of nitrogens with zero attached hydrogens (tertiary/aromatic N) is 2. The lowest BCUT2D eigenvalue weighted by Crippen LogP contribution is -2.45. The van der Waals surface area contributed by atoms with Gasteiger partial charge in [-0.25, -0.2) is 0 Å². The highest BCUT2D eigenvalue weighted by Gasteiger charge is 2.26. The molecule has 1 atom stereocenters. The van der Waals surface area contributed by atoms with Gasteiger partial charge in [-0.05, 0) is 19.4 Å². The van der Waals surface area contributed by atoms with E-state index >= 15 is 0 Å². The van der Waals surface area contributed by atoms with Crippen molar-refractivity contribution in [1.29, 1.82) is 0 Å². The van der Waals surface area contributed by atoms with Gasteiger partial charge in [0.05, 0.1) is 26.2 Å². The van der Waals surface area contributed by atoms with Gasteiger partial charge in [-0.15, -0.1) is 0 Å². The standard InChI is InChI=1S/C13H24N2O3/c1-17-13(16)12-3-2-4-15(11-12)6-5-14-7-9-18-10-8-14/h12H,2-11H2,1H3. The monoisotopic (exact) mass is 256 g/mol. The fraction of sp³-hybridized carbons (Fsp3) is 0.923. The molecular formula is C13H24N2O3. The summed E-state index contributed by atoms with van der Waals surface area (Å²) in [6.45, 7) is 7.87. The van der Waals surface area contributed by atoms with E-state index in [4.69, 9.17) is 9.47 Å². The van der Waals surface area contributed by atoms with Crippen LogP contribution in [-0.4, -0.2) is 75.4 Å². The number of piperidine rings is 1. The van der Waals surface area contributed by atoms with Crippen molar-refractivity contribution in [3.8, 4) is 0 Å². The second-order valence-corrected chi connectivity index (χ2v) is 5.12. The van der Waals surface area contributed by atoms with Gasteiger partial charge in [-0.3, -0.25) is 9.69 Å². The maximum Gasteiger partial charge on any atom is 0.309 e. The minimum absolute atomic E-state index is 0.0499. The molecule has 0 aliphatic carbocycles. The Labute approximate surface area is 109 Å². The van der Waals surface area contributed by atoms with Crippen molar-refractivity contribution >= 4 is 5.97 Å². The fourth-order valence-electron chi connectivity index (χ4n) is 2.73. The Morgan fingerprint density at radius 1 is 1.22 bits per heavy atom. The van der Waals surface area contributed by atoms with E-state index in [2.05, 4.69) is 9.80 Å². The number of carbonyl (C=O) groups is 1. The molecule has 0 spiro atoms. The van der Waals surface area contributed by atoms with Crippen LogP contribution in [0.1, 0.15) is 12.8 Å². The van der Waals surface area contributed by atoms with Gasteiger partial charge in [0.2, 0.25) is 0 Å². The minimum Gasteiger partial charge on any atom is -0.469 e. The summed E-state index contributed by atoms with van der Waals surface area (Å²) in [4.78, 5) is 16.4.